The number of aliphatic hydroxyl groups excluding tert-OH is 2. The zero-order valence-corrected chi connectivity index (χ0v) is 10.6. The molecule has 0 bridgehead atoms. The summed E-state index contributed by atoms with van der Waals surface area (Å²) in [6.07, 6.45) is -2.85. The second-order valence-electron chi connectivity index (χ2n) is 4.47. The number of hydrogen-bond acceptors (Lipinski definition) is 3. The lowest BCUT2D eigenvalue weighted by Crippen LogP contribution is -2.34. The molecule has 2 atom stereocenters. The molecule has 1 aromatic carbocycles. The fourth-order valence-corrected chi connectivity index (χ4v) is 2.00. The molecule has 0 spiro atoms. The number of amides is 1. The Bertz CT molecular complexity index is 428. The van der Waals surface area contributed by atoms with E-state index in [1.54, 1.807) is 0 Å². The molecule has 0 aliphatic rings. The minimum absolute atomic E-state index is 0.591. The Kier molecular flexibility index (Phi) is 3.91. The molecule has 4 heteroatoms. The van der Waals surface area contributed by atoms with Crippen molar-refractivity contribution in [1.29, 1.82) is 0 Å². The molecular weight excluding hydrogens is 218 g/mol. The van der Waals surface area contributed by atoms with Crippen molar-refractivity contribution in [2.24, 2.45) is 5.73 Å². The highest BCUT2D eigenvalue weighted by Crippen LogP contribution is 2.29. The van der Waals surface area contributed by atoms with Crippen LogP contribution in [0, 0.1) is 27.7 Å². The Labute approximate surface area is 101 Å². The van der Waals surface area contributed by atoms with Gasteiger partial charge in [0.2, 0.25) is 5.91 Å². The van der Waals surface area contributed by atoms with Crippen molar-refractivity contribution in [2.45, 2.75) is 39.9 Å². The van der Waals surface area contributed by atoms with E-state index in [4.69, 9.17) is 5.73 Å². The number of aliphatic hydroxyl groups is 2. The van der Waals surface area contributed by atoms with Crippen LogP contribution in [0.3, 0.4) is 0 Å². The summed E-state index contributed by atoms with van der Waals surface area (Å²) in [6, 6.07) is 2.01. The molecule has 4 nitrogen and oxygen atoms in total. The highest BCUT2D eigenvalue weighted by Gasteiger charge is 2.27. The maximum atomic E-state index is 10.9. The topological polar surface area (TPSA) is 83.6 Å². The van der Waals surface area contributed by atoms with E-state index in [-0.39, 0.29) is 0 Å². The molecule has 1 amide bonds. The zero-order valence-electron chi connectivity index (χ0n) is 10.6. The largest absolute Gasteiger partial charge is 0.385 e. The minimum Gasteiger partial charge on any atom is -0.385 e. The third-order valence-electron chi connectivity index (χ3n) is 3.31. The molecule has 94 valence electrons. The van der Waals surface area contributed by atoms with Crippen LogP contribution in [0.5, 0.6) is 0 Å². The molecule has 0 saturated heterocycles. The van der Waals surface area contributed by atoms with Crippen LogP contribution in [0.25, 0.3) is 0 Å². The van der Waals surface area contributed by atoms with Crippen LogP contribution >= 0.6 is 0 Å². The quantitative estimate of drug-likeness (QED) is 0.727. The van der Waals surface area contributed by atoms with Crippen molar-refractivity contribution < 1.29 is 15.0 Å². The number of nitrogens with two attached hydrogens (primary N) is 1. The van der Waals surface area contributed by atoms with E-state index in [1.807, 2.05) is 33.8 Å². The van der Waals surface area contributed by atoms with Gasteiger partial charge in [0, 0.05) is 0 Å². The minimum atomic E-state index is -1.58. The Hall–Kier alpha value is -1.39. The van der Waals surface area contributed by atoms with Gasteiger partial charge in [0.15, 0.2) is 6.10 Å². The van der Waals surface area contributed by atoms with Crippen molar-refractivity contribution in [3.05, 3.63) is 33.9 Å². The Morgan fingerprint density at radius 3 is 1.88 bits per heavy atom. The smallest absolute Gasteiger partial charge is 0.249 e. The van der Waals surface area contributed by atoms with E-state index in [1.165, 1.54) is 0 Å². The lowest BCUT2D eigenvalue weighted by atomic mass is 9.89. The average Bonchev–Trinajstić information content (AvgIpc) is 2.25. The van der Waals surface area contributed by atoms with Crippen LogP contribution < -0.4 is 5.73 Å². The molecule has 0 aliphatic carbocycles. The summed E-state index contributed by atoms with van der Waals surface area (Å²) in [5.74, 6) is -0.921. The van der Waals surface area contributed by atoms with Crippen molar-refractivity contribution >= 4 is 5.91 Å². The average molecular weight is 237 g/mol. The van der Waals surface area contributed by atoms with Gasteiger partial charge in [-0.05, 0) is 55.5 Å². The third kappa shape index (κ3) is 2.48. The summed E-state index contributed by atoms with van der Waals surface area (Å²) >= 11 is 0. The molecule has 0 radical (unpaired) electrons. The maximum absolute atomic E-state index is 10.9. The predicted molar refractivity (Wildman–Crippen MR) is 65.6 cm³/mol. The summed E-state index contributed by atoms with van der Waals surface area (Å²) in [6.45, 7) is 7.56. The first-order valence-electron chi connectivity index (χ1n) is 5.50. The number of primary amides is 1. The Morgan fingerprint density at radius 2 is 1.53 bits per heavy atom. The summed E-state index contributed by atoms with van der Waals surface area (Å²) in [4.78, 5) is 10.9. The molecule has 2 unspecified atom stereocenters. The lowest BCUT2D eigenvalue weighted by molar-refractivity contribution is -0.132. The first-order chi connectivity index (χ1) is 7.77. The van der Waals surface area contributed by atoms with Crippen LogP contribution in [-0.4, -0.2) is 22.2 Å². The molecule has 0 heterocycles. The predicted octanol–water partition coefficient (Wildman–Crippen LogP) is 0.800. The molecule has 1 rings (SSSR count). The van der Waals surface area contributed by atoms with Crippen molar-refractivity contribution in [2.75, 3.05) is 0 Å². The van der Waals surface area contributed by atoms with Gasteiger partial charge in [-0.3, -0.25) is 4.79 Å². The summed E-state index contributed by atoms with van der Waals surface area (Å²) in [7, 11) is 0. The first kappa shape index (κ1) is 13.7. The summed E-state index contributed by atoms with van der Waals surface area (Å²) in [5, 5.41) is 19.6. The van der Waals surface area contributed by atoms with Gasteiger partial charge >= 0.3 is 0 Å². The van der Waals surface area contributed by atoms with E-state index in [2.05, 4.69) is 0 Å². The number of carbonyl (C=O) groups is 1. The Morgan fingerprint density at radius 1 is 1.12 bits per heavy atom. The van der Waals surface area contributed by atoms with Gasteiger partial charge < -0.3 is 15.9 Å². The number of benzene rings is 1. The lowest BCUT2D eigenvalue weighted by Gasteiger charge is -2.22. The third-order valence-corrected chi connectivity index (χ3v) is 3.31. The van der Waals surface area contributed by atoms with Crippen molar-refractivity contribution in [1.82, 2.24) is 0 Å². The standard InChI is InChI=1S/C13H19NO3/c1-6-5-7(2)9(4)10(8(6)3)11(15)12(16)13(14)17/h5,11-12,15-16H,1-4H3,(H2,14,17). The highest BCUT2D eigenvalue weighted by atomic mass is 16.3. The fraction of sp³-hybridized carbons (Fsp3) is 0.462. The van der Waals surface area contributed by atoms with Gasteiger partial charge in [0.1, 0.15) is 6.10 Å². The number of hydrogen-bond donors (Lipinski definition) is 3. The normalized spacial score (nSPS) is 14.5. The van der Waals surface area contributed by atoms with Crippen LogP contribution in [0.4, 0.5) is 0 Å². The molecule has 17 heavy (non-hydrogen) atoms. The number of rotatable bonds is 3. The maximum Gasteiger partial charge on any atom is 0.249 e. The molecule has 0 aliphatic heterocycles. The molecule has 1 aromatic rings. The molecule has 0 aromatic heterocycles. The van der Waals surface area contributed by atoms with Crippen LogP contribution in [0.1, 0.15) is 33.9 Å². The van der Waals surface area contributed by atoms with Crippen LogP contribution in [0.2, 0.25) is 0 Å². The molecule has 0 fully saturated rings. The van der Waals surface area contributed by atoms with Crippen molar-refractivity contribution in [3.63, 3.8) is 0 Å². The van der Waals surface area contributed by atoms with Gasteiger partial charge in [-0.1, -0.05) is 6.07 Å². The number of carbonyl (C=O) groups excluding carboxylic acids is 1. The van der Waals surface area contributed by atoms with Gasteiger partial charge in [0.25, 0.3) is 0 Å². The monoisotopic (exact) mass is 237 g/mol. The highest BCUT2D eigenvalue weighted by molar-refractivity contribution is 5.79. The summed E-state index contributed by atoms with van der Waals surface area (Å²) < 4.78 is 0. The number of aryl methyl sites for hydroxylation is 2. The van der Waals surface area contributed by atoms with Gasteiger partial charge in [-0.25, -0.2) is 0 Å². The van der Waals surface area contributed by atoms with E-state index in [0.29, 0.717) is 5.56 Å². The van der Waals surface area contributed by atoms with Gasteiger partial charge in [-0.15, -0.1) is 0 Å². The molecule has 0 saturated carbocycles. The van der Waals surface area contributed by atoms with E-state index < -0.39 is 18.1 Å². The van der Waals surface area contributed by atoms with Gasteiger partial charge in [-0.2, -0.15) is 0 Å². The summed E-state index contributed by atoms with van der Waals surface area (Å²) in [5.41, 5.74) is 9.37. The first-order valence-corrected chi connectivity index (χ1v) is 5.50. The van der Waals surface area contributed by atoms with Crippen LogP contribution in [-0.2, 0) is 4.79 Å². The van der Waals surface area contributed by atoms with E-state index in [9.17, 15) is 15.0 Å². The van der Waals surface area contributed by atoms with Crippen LogP contribution in [0.15, 0.2) is 6.07 Å². The molecule has 4 N–H and O–H groups in total. The van der Waals surface area contributed by atoms with E-state index in [0.717, 1.165) is 22.3 Å². The molecular formula is C13H19NO3. The van der Waals surface area contributed by atoms with Gasteiger partial charge in [0.05, 0.1) is 0 Å². The SMILES string of the molecule is Cc1cc(C)c(C)c(C(O)C(O)C(N)=O)c1C. The van der Waals surface area contributed by atoms with Crippen molar-refractivity contribution in [3.8, 4) is 0 Å². The Balaban J connectivity index is 3.35. The second kappa shape index (κ2) is 4.85. The van der Waals surface area contributed by atoms with E-state index >= 15 is 0 Å². The second-order valence-corrected chi connectivity index (χ2v) is 4.47. The zero-order chi connectivity index (χ0) is 13.3. The fourth-order valence-electron chi connectivity index (χ4n) is 2.00.